The van der Waals surface area contributed by atoms with E-state index in [1.54, 1.807) is 0 Å². The lowest BCUT2D eigenvalue weighted by molar-refractivity contribution is -0.133. The molecule has 0 unspecified atom stereocenters. The molecule has 0 aliphatic rings. The molecule has 3 nitrogen and oxygen atoms in total. The standard InChI is InChI=1S/C3H3ClO3/c4-3(7)2(6)1-5/h5H,1H2. The van der Waals surface area contributed by atoms with Crippen LogP contribution in [0.4, 0.5) is 0 Å². The predicted molar refractivity (Wildman–Crippen MR) is 23.0 cm³/mol. The molecule has 0 saturated heterocycles. The summed E-state index contributed by atoms with van der Waals surface area (Å²) in [6.45, 7) is -0.803. The molecule has 0 fully saturated rings. The maximum absolute atomic E-state index is 9.78. The highest BCUT2D eigenvalue weighted by atomic mass is 35.5. The Kier molecular flexibility index (Phi) is 2.55. The van der Waals surface area contributed by atoms with E-state index in [0.717, 1.165) is 0 Å². The zero-order chi connectivity index (χ0) is 5.86. The fourth-order valence-corrected chi connectivity index (χ4v) is 0.122. The van der Waals surface area contributed by atoms with Gasteiger partial charge in [-0.3, -0.25) is 9.59 Å². The van der Waals surface area contributed by atoms with Crippen molar-refractivity contribution in [2.75, 3.05) is 6.61 Å². The van der Waals surface area contributed by atoms with Crippen LogP contribution in [0, 0.1) is 0 Å². The van der Waals surface area contributed by atoms with Gasteiger partial charge in [0.05, 0.1) is 0 Å². The summed E-state index contributed by atoms with van der Waals surface area (Å²) in [4.78, 5) is 19.4. The number of hydrogen-bond acceptors (Lipinski definition) is 3. The van der Waals surface area contributed by atoms with Gasteiger partial charge in [0, 0.05) is 0 Å². The molecule has 40 valence electrons. The average molecular weight is 123 g/mol. The molecule has 0 atom stereocenters. The summed E-state index contributed by atoms with van der Waals surface area (Å²) in [7, 11) is 0. The molecule has 4 heteroatoms. The van der Waals surface area contributed by atoms with E-state index in [1.165, 1.54) is 0 Å². The number of rotatable bonds is 2. The second-order valence-corrected chi connectivity index (χ2v) is 1.20. The Balaban J connectivity index is 3.58. The highest BCUT2D eigenvalue weighted by molar-refractivity contribution is 6.81. The van der Waals surface area contributed by atoms with Crippen LogP contribution in [0.2, 0.25) is 0 Å². The first-order valence-corrected chi connectivity index (χ1v) is 1.89. The summed E-state index contributed by atoms with van der Waals surface area (Å²) >= 11 is 4.58. The van der Waals surface area contributed by atoms with Gasteiger partial charge in [0.25, 0.3) is 5.24 Å². The lowest BCUT2D eigenvalue weighted by Gasteiger charge is -1.79. The monoisotopic (exact) mass is 122 g/mol. The summed E-state index contributed by atoms with van der Waals surface area (Å²) in [5.74, 6) is -0.971. The minimum Gasteiger partial charge on any atom is -0.388 e. The number of ketones is 1. The van der Waals surface area contributed by atoms with Crippen LogP contribution in [0.15, 0.2) is 0 Å². The van der Waals surface area contributed by atoms with Crippen LogP contribution in [0.25, 0.3) is 0 Å². The van der Waals surface area contributed by atoms with E-state index in [4.69, 9.17) is 5.11 Å². The van der Waals surface area contributed by atoms with E-state index in [1.807, 2.05) is 0 Å². The van der Waals surface area contributed by atoms with Gasteiger partial charge in [-0.05, 0) is 11.6 Å². The van der Waals surface area contributed by atoms with E-state index in [-0.39, 0.29) is 0 Å². The first-order chi connectivity index (χ1) is 3.18. The third-order valence-electron chi connectivity index (χ3n) is 0.363. The van der Waals surface area contributed by atoms with Gasteiger partial charge < -0.3 is 5.11 Å². The highest BCUT2D eigenvalue weighted by Crippen LogP contribution is 1.78. The molecule has 0 aromatic carbocycles. The van der Waals surface area contributed by atoms with Gasteiger partial charge in [0.2, 0.25) is 5.78 Å². The summed E-state index contributed by atoms with van der Waals surface area (Å²) in [5, 5.41) is 6.73. The number of Topliss-reactive ketones (excluding diaryl/α,β-unsaturated/α-hetero) is 1. The summed E-state index contributed by atoms with van der Waals surface area (Å²) in [5.41, 5.74) is 0. The van der Waals surface area contributed by atoms with E-state index in [0.29, 0.717) is 0 Å². The van der Waals surface area contributed by atoms with Crippen molar-refractivity contribution in [3.8, 4) is 0 Å². The van der Waals surface area contributed by atoms with Crippen LogP contribution in [0.3, 0.4) is 0 Å². The summed E-state index contributed by atoms with van der Waals surface area (Å²) < 4.78 is 0. The van der Waals surface area contributed by atoms with E-state index >= 15 is 0 Å². The molecule has 1 N–H and O–H groups in total. The van der Waals surface area contributed by atoms with Crippen LogP contribution in [0.1, 0.15) is 0 Å². The lowest BCUT2D eigenvalue weighted by atomic mass is 10.5. The summed E-state index contributed by atoms with van der Waals surface area (Å²) in [6, 6.07) is 0. The van der Waals surface area contributed by atoms with Crippen molar-refractivity contribution in [2.45, 2.75) is 0 Å². The van der Waals surface area contributed by atoms with Crippen LogP contribution >= 0.6 is 11.6 Å². The molecule has 0 bridgehead atoms. The van der Waals surface area contributed by atoms with Crippen molar-refractivity contribution in [3.63, 3.8) is 0 Å². The molecule has 0 spiro atoms. The molecule has 0 aromatic heterocycles. The smallest absolute Gasteiger partial charge is 0.290 e. The van der Waals surface area contributed by atoms with Crippen LogP contribution in [0.5, 0.6) is 0 Å². The Hall–Kier alpha value is -0.410. The highest BCUT2D eigenvalue weighted by Gasteiger charge is 2.05. The van der Waals surface area contributed by atoms with Gasteiger partial charge in [0.15, 0.2) is 0 Å². The zero-order valence-electron chi connectivity index (χ0n) is 3.35. The third-order valence-corrected chi connectivity index (χ3v) is 0.574. The molecular formula is C3H3ClO3. The molecule has 0 aliphatic heterocycles. The predicted octanol–water partition coefficient (Wildman–Crippen LogP) is -0.687. The number of carbonyl (C=O) groups is 2. The molecule has 0 amide bonds. The number of halogens is 1. The fourth-order valence-electron chi connectivity index (χ4n) is 0.0622. The van der Waals surface area contributed by atoms with Gasteiger partial charge in [-0.1, -0.05) is 0 Å². The Bertz CT molecular complexity index is 98.4. The molecule has 0 rings (SSSR count). The molecule has 0 aromatic rings. The van der Waals surface area contributed by atoms with Crippen LogP contribution < -0.4 is 0 Å². The van der Waals surface area contributed by atoms with Crippen molar-refractivity contribution in [2.24, 2.45) is 0 Å². The Morgan fingerprint density at radius 3 is 2.00 bits per heavy atom. The zero-order valence-corrected chi connectivity index (χ0v) is 4.10. The number of aliphatic hydroxyl groups is 1. The first-order valence-electron chi connectivity index (χ1n) is 1.52. The maximum atomic E-state index is 9.78. The molecule has 7 heavy (non-hydrogen) atoms. The van der Waals surface area contributed by atoms with Gasteiger partial charge in [-0.25, -0.2) is 0 Å². The average Bonchev–Trinajstić information content (AvgIpc) is 1.65. The van der Waals surface area contributed by atoms with Crippen molar-refractivity contribution in [1.82, 2.24) is 0 Å². The third kappa shape index (κ3) is 2.31. The molecule has 0 heterocycles. The molecule has 0 saturated carbocycles. The van der Waals surface area contributed by atoms with Crippen molar-refractivity contribution < 1.29 is 14.7 Å². The van der Waals surface area contributed by atoms with E-state index in [9.17, 15) is 9.59 Å². The number of hydrogen-bond donors (Lipinski definition) is 1. The van der Waals surface area contributed by atoms with Crippen molar-refractivity contribution >= 4 is 22.6 Å². The number of carbonyl (C=O) groups excluding carboxylic acids is 2. The van der Waals surface area contributed by atoms with Crippen molar-refractivity contribution in [1.29, 1.82) is 0 Å². The minimum atomic E-state index is -1.12. The minimum absolute atomic E-state index is 0.803. The molecule has 0 aliphatic carbocycles. The van der Waals surface area contributed by atoms with E-state index < -0.39 is 17.6 Å². The molecular weight excluding hydrogens is 119 g/mol. The SMILES string of the molecule is O=C(Cl)C(=O)CO. The number of aliphatic hydroxyl groups excluding tert-OH is 1. The second-order valence-electron chi connectivity index (χ2n) is 0.855. The normalized spacial score (nSPS) is 8.29. The van der Waals surface area contributed by atoms with Gasteiger partial charge in [-0.15, -0.1) is 0 Å². The van der Waals surface area contributed by atoms with Gasteiger partial charge in [0.1, 0.15) is 6.61 Å². The summed E-state index contributed by atoms with van der Waals surface area (Å²) in [6.07, 6.45) is 0. The lowest BCUT2D eigenvalue weighted by Crippen LogP contribution is -2.10. The van der Waals surface area contributed by atoms with Crippen molar-refractivity contribution in [3.05, 3.63) is 0 Å². The maximum Gasteiger partial charge on any atom is 0.290 e. The second kappa shape index (κ2) is 2.71. The fraction of sp³-hybridized carbons (Fsp3) is 0.333. The largest absolute Gasteiger partial charge is 0.388 e. The molecule has 0 radical (unpaired) electrons. The quantitative estimate of drug-likeness (QED) is 0.390. The van der Waals surface area contributed by atoms with Crippen LogP contribution in [-0.4, -0.2) is 22.7 Å². The first kappa shape index (κ1) is 6.59. The topological polar surface area (TPSA) is 54.4 Å². The van der Waals surface area contributed by atoms with Gasteiger partial charge >= 0.3 is 0 Å². The van der Waals surface area contributed by atoms with Gasteiger partial charge in [-0.2, -0.15) is 0 Å². The van der Waals surface area contributed by atoms with Crippen LogP contribution in [-0.2, 0) is 9.59 Å². The van der Waals surface area contributed by atoms with E-state index in [2.05, 4.69) is 11.6 Å². The Morgan fingerprint density at radius 2 is 2.00 bits per heavy atom. The Labute approximate surface area is 44.9 Å². The Morgan fingerprint density at radius 1 is 1.57 bits per heavy atom.